The maximum Gasteiger partial charge on any atom is 0.335 e. The van der Waals surface area contributed by atoms with Gasteiger partial charge in [-0.1, -0.05) is 55.0 Å². The minimum absolute atomic E-state index is 0.0871. The van der Waals surface area contributed by atoms with E-state index in [0.717, 1.165) is 36.8 Å². The number of carboxylic acid groups (broad SMARTS) is 1. The molecule has 1 N–H and O–H groups in total. The van der Waals surface area contributed by atoms with Gasteiger partial charge in [0.05, 0.1) is 17.6 Å². The molecule has 1 unspecified atom stereocenters. The molecule has 1 atom stereocenters. The highest BCUT2D eigenvalue weighted by Crippen LogP contribution is 2.22. The first-order valence-electron chi connectivity index (χ1n) is 7.48. The Kier molecular flexibility index (Phi) is 5.73. The largest absolute Gasteiger partial charge is 0.478 e. The van der Waals surface area contributed by atoms with Crippen LogP contribution in [0.15, 0.2) is 54.6 Å². The fraction of sp³-hybridized carbons (Fsp3) is 0.263. The number of carbonyl (C=O) groups is 1. The van der Waals surface area contributed by atoms with E-state index < -0.39 is 5.97 Å². The van der Waals surface area contributed by atoms with Crippen molar-refractivity contribution in [2.75, 3.05) is 0 Å². The Morgan fingerprint density at radius 2 is 1.73 bits per heavy atom. The van der Waals surface area contributed by atoms with Crippen LogP contribution in [-0.4, -0.2) is 11.1 Å². The summed E-state index contributed by atoms with van der Waals surface area (Å²) in [7, 11) is 0. The minimum Gasteiger partial charge on any atom is -0.478 e. The van der Waals surface area contributed by atoms with Gasteiger partial charge >= 0.3 is 5.97 Å². The van der Waals surface area contributed by atoms with Crippen molar-refractivity contribution >= 4 is 5.97 Å². The number of aromatic carboxylic acids is 1. The Bertz CT molecular complexity index is 659. The van der Waals surface area contributed by atoms with Gasteiger partial charge in [-0.3, -0.25) is 0 Å². The quantitative estimate of drug-likeness (QED) is 0.769. The summed E-state index contributed by atoms with van der Waals surface area (Å²) in [6, 6.07) is 19.3. The number of benzene rings is 2. The summed E-state index contributed by atoms with van der Waals surface area (Å²) >= 11 is 0. The summed E-state index contributed by atoms with van der Waals surface area (Å²) < 4.78 is 0. The van der Waals surface area contributed by atoms with Crippen LogP contribution in [0.4, 0.5) is 0 Å². The van der Waals surface area contributed by atoms with Gasteiger partial charge in [-0.05, 0) is 36.5 Å². The predicted octanol–water partition coefficient (Wildman–Crippen LogP) is 4.40. The zero-order valence-corrected chi connectivity index (χ0v) is 12.4. The Hall–Kier alpha value is -2.60. The van der Waals surface area contributed by atoms with E-state index in [1.165, 1.54) is 0 Å². The molecule has 0 heterocycles. The second kappa shape index (κ2) is 7.99. The molecule has 0 bridgehead atoms. The molecule has 0 radical (unpaired) electrons. The molecule has 0 fully saturated rings. The van der Waals surface area contributed by atoms with E-state index in [9.17, 15) is 10.1 Å². The molecule has 0 saturated carbocycles. The third-order valence-corrected chi connectivity index (χ3v) is 3.79. The Labute approximate surface area is 130 Å². The molecule has 3 heteroatoms. The zero-order chi connectivity index (χ0) is 15.8. The molecule has 0 aliphatic carbocycles. The highest BCUT2D eigenvalue weighted by atomic mass is 16.4. The fourth-order valence-corrected chi connectivity index (χ4v) is 2.60. The first-order chi connectivity index (χ1) is 10.7. The van der Waals surface area contributed by atoms with Crippen molar-refractivity contribution in [2.45, 2.75) is 31.6 Å². The normalized spacial score (nSPS) is 11.6. The maximum absolute atomic E-state index is 11.2. The van der Waals surface area contributed by atoms with Gasteiger partial charge in [0.25, 0.3) is 0 Å². The molecule has 2 rings (SSSR count). The number of unbranched alkanes of at least 4 members (excludes halogenated alkanes) is 1. The fourth-order valence-electron chi connectivity index (χ4n) is 2.60. The number of aryl methyl sites for hydroxylation is 1. The van der Waals surface area contributed by atoms with Crippen LogP contribution in [0.2, 0.25) is 0 Å². The lowest BCUT2D eigenvalue weighted by Gasteiger charge is -2.10. The SMILES string of the molecule is N#CC(CCCCc1ccccc1C(=O)O)c1ccccc1. The number of nitriles is 1. The van der Waals surface area contributed by atoms with Gasteiger partial charge in [-0.2, -0.15) is 5.26 Å². The maximum atomic E-state index is 11.2. The van der Waals surface area contributed by atoms with E-state index in [0.29, 0.717) is 5.56 Å². The van der Waals surface area contributed by atoms with Crippen molar-refractivity contribution in [3.05, 3.63) is 71.3 Å². The molecule has 2 aromatic rings. The lowest BCUT2D eigenvalue weighted by molar-refractivity contribution is 0.0695. The number of hydrogen-bond donors (Lipinski definition) is 1. The zero-order valence-electron chi connectivity index (χ0n) is 12.4. The van der Waals surface area contributed by atoms with Gasteiger partial charge in [-0.15, -0.1) is 0 Å². The number of rotatable bonds is 7. The molecule has 0 amide bonds. The van der Waals surface area contributed by atoms with Gasteiger partial charge in [0.2, 0.25) is 0 Å². The van der Waals surface area contributed by atoms with Crippen LogP contribution in [-0.2, 0) is 6.42 Å². The lowest BCUT2D eigenvalue weighted by atomic mass is 9.93. The molecule has 0 aliphatic rings. The highest BCUT2D eigenvalue weighted by Gasteiger charge is 2.11. The van der Waals surface area contributed by atoms with Crippen molar-refractivity contribution < 1.29 is 9.90 Å². The second-order valence-electron chi connectivity index (χ2n) is 5.30. The first kappa shape index (κ1) is 15.8. The van der Waals surface area contributed by atoms with Crippen LogP contribution in [0.5, 0.6) is 0 Å². The Balaban J connectivity index is 1.87. The first-order valence-corrected chi connectivity index (χ1v) is 7.48. The van der Waals surface area contributed by atoms with E-state index in [1.807, 2.05) is 42.5 Å². The second-order valence-corrected chi connectivity index (χ2v) is 5.30. The molecule has 112 valence electrons. The predicted molar refractivity (Wildman–Crippen MR) is 85.8 cm³/mol. The van der Waals surface area contributed by atoms with Gasteiger partial charge in [-0.25, -0.2) is 4.79 Å². The van der Waals surface area contributed by atoms with Gasteiger partial charge in [0.15, 0.2) is 0 Å². The topological polar surface area (TPSA) is 61.1 Å². The highest BCUT2D eigenvalue weighted by molar-refractivity contribution is 5.89. The third kappa shape index (κ3) is 4.20. The van der Waals surface area contributed by atoms with Crippen LogP contribution >= 0.6 is 0 Å². The summed E-state index contributed by atoms with van der Waals surface area (Å²) in [6.07, 6.45) is 3.32. The molecule has 3 nitrogen and oxygen atoms in total. The van der Waals surface area contributed by atoms with E-state index in [4.69, 9.17) is 5.11 Å². The molecule has 22 heavy (non-hydrogen) atoms. The van der Waals surface area contributed by atoms with Crippen LogP contribution in [0.3, 0.4) is 0 Å². The molecule has 0 aliphatic heterocycles. The molecule has 0 aromatic heterocycles. The monoisotopic (exact) mass is 293 g/mol. The van der Waals surface area contributed by atoms with Gasteiger partial charge in [0.1, 0.15) is 0 Å². The smallest absolute Gasteiger partial charge is 0.335 e. The number of hydrogen-bond acceptors (Lipinski definition) is 2. The summed E-state index contributed by atoms with van der Waals surface area (Å²) in [5.74, 6) is -0.967. The van der Waals surface area contributed by atoms with Crippen LogP contribution in [0.25, 0.3) is 0 Å². The summed E-state index contributed by atoms with van der Waals surface area (Å²) in [5, 5.41) is 18.4. The summed E-state index contributed by atoms with van der Waals surface area (Å²) in [6.45, 7) is 0. The van der Waals surface area contributed by atoms with E-state index in [-0.39, 0.29) is 5.92 Å². The van der Waals surface area contributed by atoms with Crippen molar-refractivity contribution in [2.24, 2.45) is 0 Å². The lowest BCUT2D eigenvalue weighted by Crippen LogP contribution is -2.02. The van der Waals surface area contributed by atoms with Crippen molar-refractivity contribution in [1.82, 2.24) is 0 Å². The average molecular weight is 293 g/mol. The Morgan fingerprint density at radius 3 is 2.41 bits per heavy atom. The van der Waals surface area contributed by atoms with E-state index in [1.54, 1.807) is 12.1 Å². The van der Waals surface area contributed by atoms with Gasteiger partial charge < -0.3 is 5.11 Å². The molecular formula is C19H19NO2. The van der Waals surface area contributed by atoms with Crippen LogP contribution in [0.1, 0.15) is 46.7 Å². The van der Waals surface area contributed by atoms with E-state index in [2.05, 4.69) is 6.07 Å². The molecular weight excluding hydrogens is 274 g/mol. The summed E-state index contributed by atoms with van der Waals surface area (Å²) in [4.78, 5) is 11.2. The van der Waals surface area contributed by atoms with Gasteiger partial charge in [0, 0.05) is 0 Å². The Morgan fingerprint density at radius 1 is 1.05 bits per heavy atom. The molecule has 2 aromatic carbocycles. The van der Waals surface area contributed by atoms with Crippen molar-refractivity contribution in [1.29, 1.82) is 5.26 Å². The summed E-state index contributed by atoms with van der Waals surface area (Å²) in [5.41, 5.74) is 2.29. The molecule has 0 spiro atoms. The van der Waals surface area contributed by atoms with E-state index >= 15 is 0 Å². The number of carboxylic acids is 1. The number of nitrogens with zero attached hydrogens (tertiary/aromatic N) is 1. The molecule has 0 saturated heterocycles. The van der Waals surface area contributed by atoms with Crippen LogP contribution in [0, 0.1) is 11.3 Å². The van der Waals surface area contributed by atoms with Crippen molar-refractivity contribution in [3.8, 4) is 6.07 Å². The third-order valence-electron chi connectivity index (χ3n) is 3.79. The van der Waals surface area contributed by atoms with Crippen molar-refractivity contribution in [3.63, 3.8) is 0 Å². The van der Waals surface area contributed by atoms with Crippen LogP contribution < -0.4 is 0 Å². The average Bonchev–Trinajstić information content (AvgIpc) is 2.56. The standard InChI is InChI=1S/C19H19NO2/c20-14-17(15-8-2-1-3-9-15)12-5-4-10-16-11-6-7-13-18(16)19(21)22/h1-3,6-9,11,13,17H,4-5,10,12H2,(H,21,22). The minimum atomic E-state index is -0.880.